The van der Waals surface area contributed by atoms with Crippen molar-refractivity contribution >= 4 is 11.7 Å². The molecule has 2 aromatic rings. The molecule has 28 heavy (non-hydrogen) atoms. The summed E-state index contributed by atoms with van der Waals surface area (Å²) in [6.45, 7) is 6.99. The number of hydrogen-bond donors (Lipinski definition) is 1. The molecule has 1 N–H and O–H groups in total. The number of piperidine rings is 1. The molecule has 0 bridgehead atoms. The predicted octanol–water partition coefficient (Wildman–Crippen LogP) is 3.73. The molecule has 2 aliphatic rings. The second kappa shape index (κ2) is 7.78. The summed E-state index contributed by atoms with van der Waals surface area (Å²) in [5.74, 6) is -0.101. The van der Waals surface area contributed by atoms with E-state index >= 15 is 0 Å². The number of rotatable bonds is 3. The first-order valence-electron chi connectivity index (χ1n) is 9.87. The van der Waals surface area contributed by atoms with Crippen molar-refractivity contribution in [1.29, 1.82) is 0 Å². The van der Waals surface area contributed by atoms with Crippen molar-refractivity contribution in [3.8, 4) is 5.75 Å². The Morgan fingerprint density at radius 1 is 1.14 bits per heavy atom. The van der Waals surface area contributed by atoms with E-state index in [0.29, 0.717) is 19.0 Å². The van der Waals surface area contributed by atoms with Crippen LogP contribution in [0.3, 0.4) is 0 Å². The van der Waals surface area contributed by atoms with Gasteiger partial charge in [0.25, 0.3) is 5.91 Å². The van der Waals surface area contributed by atoms with Crippen LogP contribution in [0.25, 0.3) is 0 Å². The molecule has 0 unspecified atom stereocenters. The van der Waals surface area contributed by atoms with Gasteiger partial charge in [-0.05, 0) is 67.9 Å². The molecule has 5 nitrogen and oxygen atoms in total. The number of aromatic nitrogens is 1. The van der Waals surface area contributed by atoms with E-state index in [1.165, 1.54) is 24.5 Å². The summed E-state index contributed by atoms with van der Waals surface area (Å²) in [4.78, 5) is 21.4. The Morgan fingerprint density at radius 3 is 2.46 bits per heavy atom. The molecular formula is C22H25FN3O2. The van der Waals surface area contributed by atoms with Crippen molar-refractivity contribution in [3.63, 3.8) is 0 Å². The number of halogens is 1. The van der Waals surface area contributed by atoms with Gasteiger partial charge in [0.2, 0.25) is 0 Å². The van der Waals surface area contributed by atoms with E-state index < -0.39 is 11.6 Å². The second-order valence-electron chi connectivity index (χ2n) is 7.68. The number of aromatic hydroxyl groups is 1. The molecule has 3 heterocycles. The van der Waals surface area contributed by atoms with Crippen LogP contribution in [0.2, 0.25) is 0 Å². The van der Waals surface area contributed by atoms with E-state index in [4.69, 9.17) is 0 Å². The van der Waals surface area contributed by atoms with E-state index in [2.05, 4.69) is 28.9 Å². The Bertz CT molecular complexity index is 832. The molecule has 147 valence electrons. The Balaban J connectivity index is 1.38. The predicted molar refractivity (Wildman–Crippen MR) is 106 cm³/mol. The van der Waals surface area contributed by atoms with Gasteiger partial charge < -0.3 is 14.9 Å². The van der Waals surface area contributed by atoms with Gasteiger partial charge in [-0.25, -0.2) is 9.37 Å². The molecule has 0 atom stereocenters. The quantitative estimate of drug-likeness (QED) is 0.879. The van der Waals surface area contributed by atoms with E-state index in [1.54, 1.807) is 4.90 Å². The zero-order chi connectivity index (χ0) is 19.7. The number of carbonyl (C=O) groups excluding carboxylic acids is 1. The largest absolute Gasteiger partial charge is 0.505 e. The highest BCUT2D eigenvalue weighted by molar-refractivity contribution is 5.94. The summed E-state index contributed by atoms with van der Waals surface area (Å²) in [5.41, 5.74) is 1.57. The molecule has 2 fully saturated rings. The average molecular weight is 382 g/mol. The summed E-state index contributed by atoms with van der Waals surface area (Å²) < 4.78 is 13.7. The van der Waals surface area contributed by atoms with Gasteiger partial charge in [0, 0.05) is 37.9 Å². The minimum atomic E-state index is -0.810. The third-order valence-corrected chi connectivity index (χ3v) is 5.84. The number of phenolic OH excluding ortho intramolecular Hbond substituents is 1. The van der Waals surface area contributed by atoms with E-state index in [1.807, 2.05) is 6.20 Å². The minimum absolute atomic E-state index is 0.127. The van der Waals surface area contributed by atoms with Crippen molar-refractivity contribution < 1.29 is 14.3 Å². The lowest BCUT2D eigenvalue weighted by Crippen LogP contribution is -2.38. The number of hydrogen-bond acceptors (Lipinski definition) is 4. The SMILES string of the molecule is [CH2]c1cc(C(=O)N2CCC(c3ccc(N4CCCC4)nc3)CC2)cc(F)c1O. The summed E-state index contributed by atoms with van der Waals surface area (Å²) in [5, 5.41) is 9.50. The van der Waals surface area contributed by atoms with Crippen LogP contribution in [-0.2, 0) is 0 Å². The third-order valence-electron chi connectivity index (χ3n) is 5.84. The first kappa shape index (κ1) is 18.7. The maximum Gasteiger partial charge on any atom is 0.253 e. The lowest BCUT2D eigenvalue weighted by atomic mass is 9.90. The van der Waals surface area contributed by atoms with Crippen LogP contribution in [0.1, 0.15) is 53.1 Å². The zero-order valence-electron chi connectivity index (χ0n) is 15.9. The summed E-state index contributed by atoms with van der Waals surface area (Å²) in [6.07, 6.45) is 6.15. The van der Waals surface area contributed by atoms with Gasteiger partial charge in [0.15, 0.2) is 11.6 Å². The number of likely N-dealkylation sites (tertiary alicyclic amines) is 1. The first-order chi connectivity index (χ1) is 13.5. The maximum atomic E-state index is 13.7. The molecule has 0 spiro atoms. The number of pyridine rings is 1. The van der Waals surface area contributed by atoms with Crippen molar-refractivity contribution in [2.24, 2.45) is 0 Å². The molecule has 0 aliphatic carbocycles. The van der Waals surface area contributed by atoms with Gasteiger partial charge in [0.05, 0.1) is 0 Å². The van der Waals surface area contributed by atoms with E-state index in [9.17, 15) is 14.3 Å². The molecule has 0 saturated carbocycles. The number of anilines is 1. The lowest BCUT2D eigenvalue weighted by Gasteiger charge is -2.32. The topological polar surface area (TPSA) is 56.7 Å². The fraction of sp³-hybridized carbons (Fsp3) is 0.409. The van der Waals surface area contributed by atoms with Crippen LogP contribution < -0.4 is 4.90 Å². The minimum Gasteiger partial charge on any atom is -0.505 e. The Labute approximate surface area is 164 Å². The molecule has 2 aliphatic heterocycles. The standard InChI is InChI=1S/C22H25FN3O2/c1-15-12-18(13-19(23)21(15)27)22(28)26-10-6-16(7-11-26)17-4-5-20(24-14-17)25-8-2-3-9-25/h4-5,12-14,16,27H,1-3,6-11H2. The van der Waals surface area contributed by atoms with Crippen LogP contribution in [0.5, 0.6) is 5.75 Å². The summed E-state index contributed by atoms with van der Waals surface area (Å²) in [7, 11) is 0. The molecular weight excluding hydrogens is 357 g/mol. The molecule has 1 aromatic carbocycles. The Morgan fingerprint density at radius 2 is 1.86 bits per heavy atom. The third kappa shape index (κ3) is 3.68. The second-order valence-corrected chi connectivity index (χ2v) is 7.68. The van der Waals surface area contributed by atoms with Gasteiger partial charge in [-0.2, -0.15) is 0 Å². The molecule has 1 aromatic heterocycles. The normalized spacial score (nSPS) is 17.9. The zero-order valence-corrected chi connectivity index (χ0v) is 15.9. The van der Waals surface area contributed by atoms with Crippen LogP contribution in [0, 0.1) is 12.7 Å². The highest BCUT2D eigenvalue weighted by atomic mass is 19.1. The lowest BCUT2D eigenvalue weighted by molar-refractivity contribution is 0.0712. The van der Waals surface area contributed by atoms with Gasteiger partial charge in [-0.15, -0.1) is 0 Å². The number of carbonyl (C=O) groups is 1. The van der Waals surface area contributed by atoms with Crippen LogP contribution >= 0.6 is 0 Å². The first-order valence-corrected chi connectivity index (χ1v) is 9.87. The van der Waals surface area contributed by atoms with Crippen LogP contribution in [0.4, 0.5) is 10.2 Å². The summed E-state index contributed by atoms with van der Waals surface area (Å²) in [6, 6.07) is 6.79. The van der Waals surface area contributed by atoms with E-state index in [-0.39, 0.29) is 17.0 Å². The van der Waals surface area contributed by atoms with Gasteiger partial charge in [-0.1, -0.05) is 6.07 Å². The molecule has 1 amide bonds. The molecule has 1 radical (unpaired) electrons. The van der Waals surface area contributed by atoms with Crippen molar-refractivity contribution in [1.82, 2.24) is 9.88 Å². The Kier molecular flexibility index (Phi) is 5.20. The van der Waals surface area contributed by atoms with Crippen LogP contribution in [-0.4, -0.2) is 47.1 Å². The van der Waals surface area contributed by atoms with Gasteiger partial charge in [-0.3, -0.25) is 4.79 Å². The highest BCUT2D eigenvalue weighted by Crippen LogP contribution is 2.30. The number of phenols is 1. The van der Waals surface area contributed by atoms with Gasteiger partial charge >= 0.3 is 0 Å². The van der Waals surface area contributed by atoms with Crippen molar-refractivity contribution in [3.05, 3.63) is 59.9 Å². The Hall–Kier alpha value is -2.63. The molecule has 6 heteroatoms. The van der Waals surface area contributed by atoms with Gasteiger partial charge in [0.1, 0.15) is 5.82 Å². The highest BCUT2D eigenvalue weighted by Gasteiger charge is 2.26. The number of amides is 1. The number of benzene rings is 1. The molecule has 2 saturated heterocycles. The van der Waals surface area contributed by atoms with E-state index in [0.717, 1.165) is 37.8 Å². The van der Waals surface area contributed by atoms with Crippen molar-refractivity contribution in [2.45, 2.75) is 31.6 Å². The maximum absolute atomic E-state index is 13.7. The smallest absolute Gasteiger partial charge is 0.253 e. The average Bonchev–Trinajstić information content (AvgIpc) is 3.26. The fourth-order valence-corrected chi connectivity index (χ4v) is 4.15. The number of nitrogens with zero attached hydrogens (tertiary/aromatic N) is 3. The van der Waals surface area contributed by atoms with Crippen molar-refractivity contribution in [2.75, 3.05) is 31.1 Å². The molecule has 4 rings (SSSR count). The fourth-order valence-electron chi connectivity index (χ4n) is 4.15. The summed E-state index contributed by atoms with van der Waals surface area (Å²) >= 11 is 0. The monoisotopic (exact) mass is 382 g/mol. The van der Waals surface area contributed by atoms with Crippen LogP contribution in [0.15, 0.2) is 30.5 Å².